The summed E-state index contributed by atoms with van der Waals surface area (Å²) in [5.74, 6) is -1.33. The second-order valence-corrected chi connectivity index (χ2v) is 10.6. The number of esters is 1. The maximum Gasteiger partial charge on any atom is 0.337 e. The summed E-state index contributed by atoms with van der Waals surface area (Å²) in [4.78, 5) is 26.1. The van der Waals surface area contributed by atoms with Crippen molar-refractivity contribution in [1.29, 1.82) is 0 Å². The number of hydrogen-bond acceptors (Lipinski definition) is 6. The minimum absolute atomic E-state index is 0.0306. The highest BCUT2D eigenvalue weighted by molar-refractivity contribution is 7.92. The second kappa shape index (κ2) is 10.9. The lowest BCUT2D eigenvalue weighted by molar-refractivity contribution is -0.148. The van der Waals surface area contributed by atoms with Gasteiger partial charge >= 0.3 is 11.9 Å². The maximum absolute atomic E-state index is 12.9. The van der Waals surface area contributed by atoms with Gasteiger partial charge in [0, 0.05) is 18.8 Å². The number of piperidine rings is 1. The van der Waals surface area contributed by atoms with Crippen LogP contribution in [0.25, 0.3) is 0 Å². The first-order valence-electron chi connectivity index (χ1n) is 11.5. The number of sulfonamides is 1. The van der Waals surface area contributed by atoms with Crippen molar-refractivity contribution in [3.05, 3.63) is 53.6 Å². The van der Waals surface area contributed by atoms with E-state index in [-0.39, 0.29) is 28.0 Å². The van der Waals surface area contributed by atoms with Crippen molar-refractivity contribution in [1.82, 2.24) is 0 Å². The molecule has 2 aromatic carbocycles. The van der Waals surface area contributed by atoms with E-state index in [2.05, 4.69) is 18.6 Å². The Kier molecular flexibility index (Phi) is 8.19. The van der Waals surface area contributed by atoms with Gasteiger partial charge in [-0.1, -0.05) is 26.0 Å². The zero-order chi connectivity index (χ0) is 24.9. The number of aromatic carboxylic acids is 1. The van der Waals surface area contributed by atoms with E-state index in [9.17, 15) is 23.1 Å². The van der Waals surface area contributed by atoms with Crippen LogP contribution in [0.3, 0.4) is 0 Å². The van der Waals surface area contributed by atoms with E-state index in [0.717, 1.165) is 18.4 Å². The summed E-state index contributed by atoms with van der Waals surface area (Å²) in [6.07, 6.45) is 2.26. The largest absolute Gasteiger partial charge is 0.478 e. The number of carboxylic acids is 1. The Balaban J connectivity index is 1.81. The molecule has 1 fully saturated rings. The first kappa shape index (κ1) is 25.6. The number of nitrogens with one attached hydrogen (secondary N) is 1. The third-order valence-electron chi connectivity index (χ3n) is 5.74. The van der Waals surface area contributed by atoms with E-state index in [0.29, 0.717) is 37.7 Å². The average Bonchev–Trinajstić information content (AvgIpc) is 2.79. The van der Waals surface area contributed by atoms with Gasteiger partial charge < -0.3 is 14.7 Å². The van der Waals surface area contributed by atoms with Crippen LogP contribution in [0.4, 0.5) is 11.4 Å². The predicted octanol–water partition coefficient (Wildman–Crippen LogP) is 4.16. The third kappa shape index (κ3) is 6.28. The normalized spacial score (nSPS) is 16.4. The summed E-state index contributed by atoms with van der Waals surface area (Å²) in [5.41, 5.74) is 1.62. The molecule has 0 saturated carbocycles. The minimum atomic E-state index is -3.88. The molecule has 0 amide bonds. The van der Waals surface area contributed by atoms with Crippen molar-refractivity contribution in [2.24, 2.45) is 11.8 Å². The molecule has 0 unspecified atom stereocenters. The van der Waals surface area contributed by atoms with E-state index < -0.39 is 16.0 Å². The Hall–Kier alpha value is -3.07. The molecule has 0 bridgehead atoms. The molecule has 8 nitrogen and oxygen atoms in total. The molecule has 0 radical (unpaired) electrons. The zero-order valence-corrected chi connectivity index (χ0v) is 20.6. The standard InChI is InChI=1S/C25H32N2O6S/c1-4-33-25(30)19-6-5-13-27(16-19)23-12-9-20(15-22(23)24(28)29)26-34(31,32)21-10-7-18(8-11-21)14-17(2)3/h7-12,15,17,19,26H,4-6,13-14,16H2,1-3H3,(H,28,29)/t19-/m0/s1. The number of rotatable bonds is 9. The number of anilines is 2. The van der Waals surface area contributed by atoms with Gasteiger partial charge in [-0.05, 0) is 68.0 Å². The van der Waals surface area contributed by atoms with Gasteiger partial charge in [0.15, 0.2) is 0 Å². The van der Waals surface area contributed by atoms with Crippen molar-refractivity contribution in [3.8, 4) is 0 Å². The molecule has 1 saturated heterocycles. The average molecular weight is 489 g/mol. The van der Waals surface area contributed by atoms with Gasteiger partial charge in [0.05, 0.1) is 28.7 Å². The highest BCUT2D eigenvalue weighted by Gasteiger charge is 2.29. The van der Waals surface area contributed by atoms with Crippen LogP contribution < -0.4 is 9.62 Å². The quantitative estimate of drug-likeness (QED) is 0.510. The first-order chi connectivity index (χ1) is 16.1. The number of ether oxygens (including phenoxy) is 1. The lowest BCUT2D eigenvalue weighted by Crippen LogP contribution is -2.40. The van der Waals surface area contributed by atoms with Gasteiger partial charge in [-0.25, -0.2) is 13.2 Å². The Labute approximate surface area is 201 Å². The van der Waals surface area contributed by atoms with Crippen LogP contribution in [0.5, 0.6) is 0 Å². The minimum Gasteiger partial charge on any atom is -0.478 e. The van der Waals surface area contributed by atoms with Crippen LogP contribution in [0.2, 0.25) is 0 Å². The Morgan fingerprint density at radius 2 is 1.88 bits per heavy atom. The van der Waals surface area contributed by atoms with E-state index in [1.54, 1.807) is 43.3 Å². The molecule has 0 aliphatic carbocycles. The summed E-state index contributed by atoms with van der Waals surface area (Å²) in [5, 5.41) is 9.80. The van der Waals surface area contributed by atoms with Crippen molar-refractivity contribution in [2.75, 3.05) is 29.3 Å². The molecule has 1 atom stereocenters. The lowest BCUT2D eigenvalue weighted by Gasteiger charge is -2.34. The van der Waals surface area contributed by atoms with Crippen LogP contribution in [-0.4, -0.2) is 45.2 Å². The van der Waals surface area contributed by atoms with Gasteiger partial charge in [0.1, 0.15) is 0 Å². The van der Waals surface area contributed by atoms with Gasteiger partial charge in [0.25, 0.3) is 10.0 Å². The molecule has 1 aliphatic rings. The molecule has 3 rings (SSSR count). The fraction of sp³-hybridized carbons (Fsp3) is 0.440. The van der Waals surface area contributed by atoms with Gasteiger partial charge in [-0.3, -0.25) is 9.52 Å². The third-order valence-corrected chi connectivity index (χ3v) is 7.14. The van der Waals surface area contributed by atoms with Crippen LogP contribution in [-0.2, 0) is 26.0 Å². The van der Waals surface area contributed by atoms with Gasteiger partial charge in [-0.2, -0.15) is 0 Å². The van der Waals surface area contributed by atoms with E-state index in [1.807, 2.05) is 4.90 Å². The lowest BCUT2D eigenvalue weighted by atomic mass is 9.97. The predicted molar refractivity (Wildman–Crippen MR) is 131 cm³/mol. The van der Waals surface area contributed by atoms with Crippen molar-refractivity contribution in [3.63, 3.8) is 0 Å². The van der Waals surface area contributed by atoms with Crippen molar-refractivity contribution >= 4 is 33.3 Å². The first-order valence-corrected chi connectivity index (χ1v) is 13.0. The SMILES string of the molecule is CCOC(=O)[C@H]1CCCN(c2ccc(NS(=O)(=O)c3ccc(CC(C)C)cc3)cc2C(=O)O)C1. The van der Waals surface area contributed by atoms with E-state index >= 15 is 0 Å². The van der Waals surface area contributed by atoms with E-state index in [1.165, 1.54) is 6.07 Å². The van der Waals surface area contributed by atoms with Crippen LogP contribution in [0.1, 0.15) is 49.5 Å². The van der Waals surface area contributed by atoms with Gasteiger partial charge in [0.2, 0.25) is 0 Å². The second-order valence-electron chi connectivity index (χ2n) is 8.92. The number of nitrogens with zero attached hydrogens (tertiary/aromatic N) is 1. The fourth-order valence-electron chi connectivity index (χ4n) is 4.19. The number of carbonyl (C=O) groups excluding carboxylic acids is 1. The summed E-state index contributed by atoms with van der Waals surface area (Å²) >= 11 is 0. The van der Waals surface area contributed by atoms with Gasteiger partial charge in [-0.15, -0.1) is 0 Å². The molecule has 1 heterocycles. The Bertz CT molecular complexity index is 1130. The fourth-order valence-corrected chi connectivity index (χ4v) is 5.23. The summed E-state index contributed by atoms with van der Waals surface area (Å²) in [7, 11) is -3.88. The molecule has 184 valence electrons. The van der Waals surface area contributed by atoms with Crippen molar-refractivity contribution < 1.29 is 27.9 Å². The molecule has 34 heavy (non-hydrogen) atoms. The zero-order valence-electron chi connectivity index (χ0n) is 19.8. The maximum atomic E-state index is 12.9. The van der Waals surface area contributed by atoms with E-state index in [4.69, 9.17) is 4.74 Å². The Morgan fingerprint density at radius 1 is 1.18 bits per heavy atom. The molecule has 2 aromatic rings. The molecular formula is C25H32N2O6S. The monoisotopic (exact) mass is 488 g/mol. The number of carbonyl (C=O) groups is 2. The Morgan fingerprint density at radius 3 is 2.50 bits per heavy atom. The highest BCUT2D eigenvalue weighted by atomic mass is 32.2. The van der Waals surface area contributed by atoms with Crippen LogP contribution in [0.15, 0.2) is 47.4 Å². The molecule has 0 spiro atoms. The topological polar surface area (TPSA) is 113 Å². The summed E-state index contributed by atoms with van der Waals surface area (Å²) in [6.45, 7) is 7.19. The molecule has 1 aliphatic heterocycles. The van der Waals surface area contributed by atoms with Crippen LogP contribution >= 0.6 is 0 Å². The number of carboxylic acid groups (broad SMARTS) is 1. The molecule has 9 heteroatoms. The van der Waals surface area contributed by atoms with Crippen LogP contribution in [0, 0.1) is 11.8 Å². The summed E-state index contributed by atoms with van der Waals surface area (Å²) < 4.78 is 33.3. The van der Waals surface area contributed by atoms with Crippen molar-refractivity contribution in [2.45, 2.75) is 44.9 Å². The molecule has 0 aromatic heterocycles. The number of benzene rings is 2. The number of hydrogen-bond donors (Lipinski definition) is 2. The highest BCUT2D eigenvalue weighted by Crippen LogP contribution is 2.30. The smallest absolute Gasteiger partial charge is 0.337 e. The molecule has 2 N–H and O–H groups in total. The summed E-state index contributed by atoms with van der Waals surface area (Å²) in [6, 6.07) is 11.1. The molecular weight excluding hydrogens is 456 g/mol.